The molecule has 0 aliphatic carbocycles. The van der Waals surface area contributed by atoms with Gasteiger partial charge in [-0.25, -0.2) is 0 Å². The van der Waals surface area contributed by atoms with Gasteiger partial charge in [0.2, 0.25) is 0 Å². The van der Waals surface area contributed by atoms with Crippen LogP contribution in [0.3, 0.4) is 0 Å². The summed E-state index contributed by atoms with van der Waals surface area (Å²) in [5.74, 6) is -0.807. The summed E-state index contributed by atoms with van der Waals surface area (Å²) in [5, 5.41) is 0. The fourth-order valence-corrected chi connectivity index (χ4v) is 2.03. The summed E-state index contributed by atoms with van der Waals surface area (Å²) in [5.41, 5.74) is -0.641. The number of benzene rings is 1. The molecule has 1 amide bonds. The lowest BCUT2D eigenvalue weighted by atomic mass is 10.1. The van der Waals surface area contributed by atoms with Crippen LogP contribution in [0.4, 0.5) is 13.2 Å². The SMILES string of the molecule is CCCN(CCC(=O)OCC)C(=O)c1ccc(C(F)(F)F)cc1. The van der Waals surface area contributed by atoms with E-state index in [0.717, 1.165) is 24.3 Å². The standard InChI is InChI=1S/C16H20F3NO3/c1-3-10-20(11-9-14(21)23-4-2)15(22)12-5-7-13(8-6-12)16(17,18)19/h5-8H,3-4,9-11H2,1-2H3. The van der Waals surface area contributed by atoms with Gasteiger partial charge in [-0.05, 0) is 37.6 Å². The predicted octanol–water partition coefficient (Wildman–Crippen LogP) is 3.51. The number of ether oxygens (including phenoxy) is 1. The van der Waals surface area contributed by atoms with Crippen molar-refractivity contribution in [1.82, 2.24) is 4.90 Å². The maximum Gasteiger partial charge on any atom is 0.416 e. The van der Waals surface area contributed by atoms with Crippen molar-refractivity contribution in [1.29, 1.82) is 0 Å². The van der Waals surface area contributed by atoms with Crippen LogP contribution in [0.25, 0.3) is 0 Å². The third-order valence-electron chi connectivity index (χ3n) is 3.13. The van der Waals surface area contributed by atoms with Gasteiger partial charge in [-0.15, -0.1) is 0 Å². The molecule has 0 radical (unpaired) electrons. The van der Waals surface area contributed by atoms with Crippen molar-refractivity contribution >= 4 is 11.9 Å². The molecule has 0 N–H and O–H groups in total. The minimum absolute atomic E-state index is 0.0558. The van der Waals surface area contributed by atoms with E-state index in [1.54, 1.807) is 6.92 Å². The van der Waals surface area contributed by atoms with E-state index in [9.17, 15) is 22.8 Å². The lowest BCUT2D eigenvalue weighted by Gasteiger charge is -2.22. The highest BCUT2D eigenvalue weighted by Crippen LogP contribution is 2.29. The van der Waals surface area contributed by atoms with Gasteiger partial charge < -0.3 is 9.64 Å². The Morgan fingerprint density at radius 2 is 1.70 bits per heavy atom. The third kappa shape index (κ3) is 5.92. The summed E-state index contributed by atoms with van der Waals surface area (Å²) >= 11 is 0. The van der Waals surface area contributed by atoms with Crippen LogP contribution in [-0.4, -0.2) is 36.5 Å². The Kier molecular flexibility index (Phi) is 7.06. The molecule has 4 nitrogen and oxygen atoms in total. The lowest BCUT2D eigenvalue weighted by molar-refractivity contribution is -0.143. The van der Waals surface area contributed by atoms with E-state index < -0.39 is 23.6 Å². The molecule has 7 heteroatoms. The Balaban J connectivity index is 2.78. The number of hydrogen-bond acceptors (Lipinski definition) is 3. The second-order valence-electron chi connectivity index (χ2n) is 4.92. The number of esters is 1. The van der Waals surface area contributed by atoms with E-state index in [4.69, 9.17) is 4.74 Å². The summed E-state index contributed by atoms with van der Waals surface area (Å²) in [4.78, 5) is 25.2. The number of halogens is 3. The highest BCUT2D eigenvalue weighted by molar-refractivity contribution is 5.94. The summed E-state index contributed by atoms with van der Waals surface area (Å²) in [6, 6.07) is 4.06. The Labute approximate surface area is 133 Å². The van der Waals surface area contributed by atoms with Crippen LogP contribution in [0, 0.1) is 0 Å². The fraction of sp³-hybridized carbons (Fsp3) is 0.500. The zero-order valence-corrected chi connectivity index (χ0v) is 13.2. The normalized spacial score (nSPS) is 11.2. The van der Waals surface area contributed by atoms with Crippen LogP contribution in [0.15, 0.2) is 24.3 Å². The molecule has 0 saturated carbocycles. The van der Waals surface area contributed by atoms with Crippen LogP contribution >= 0.6 is 0 Å². The van der Waals surface area contributed by atoms with E-state index in [1.165, 1.54) is 4.90 Å². The second-order valence-corrected chi connectivity index (χ2v) is 4.92. The van der Waals surface area contributed by atoms with Gasteiger partial charge in [-0.1, -0.05) is 6.92 Å². The first-order valence-electron chi connectivity index (χ1n) is 7.41. The molecule has 0 bridgehead atoms. The number of hydrogen-bond donors (Lipinski definition) is 0. The predicted molar refractivity (Wildman–Crippen MR) is 78.9 cm³/mol. The molecular formula is C16H20F3NO3. The van der Waals surface area contributed by atoms with Crippen LogP contribution < -0.4 is 0 Å². The monoisotopic (exact) mass is 331 g/mol. The number of amides is 1. The van der Waals surface area contributed by atoms with Crippen molar-refractivity contribution < 1.29 is 27.5 Å². The van der Waals surface area contributed by atoms with Gasteiger partial charge in [0.15, 0.2) is 0 Å². The number of carbonyl (C=O) groups excluding carboxylic acids is 2. The zero-order chi connectivity index (χ0) is 17.5. The van der Waals surface area contributed by atoms with E-state index in [-0.39, 0.29) is 25.1 Å². The first-order chi connectivity index (χ1) is 10.8. The topological polar surface area (TPSA) is 46.6 Å². The molecule has 0 unspecified atom stereocenters. The zero-order valence-electron chi connectivity index (χ0n) is 13.2. The maximum atomic E-state index is 12.5. The number of rotatable bonds is 7. The highest BCUT2D eigenvalue weighted by atomic mass is 19.4. The fourth-order valence-electron chi connectivity index (χ4n) is 2.03. The third-order valence-corrected chi connectivity index (χ3v) is 3.13. The van der Waals surface area contributed by atoms with Crippen molar-refractivity contribution in [3.05, 3.63) is 35.4 Å². The smallest absolute Gasteiger partial charge is 0.416 e. The van der Waals surface area contributed by atoms with Crippen LogP contribution in [0.1, 0.15) is 42.6 Å². The minimum atomic E-state index is -4.44. The summed E-state index contributed by atoms with van der Waals surface area (Å²) in [6.45, 7) is 4.41. The van der Waals surface area contributed by atoms with Gasteiger partial charge in [0.05, 0.1) is 18.6 Å². The average molecular weight is 331 g/mol. The molecule has 23 heavy (non-hydrogen) atoms. The molecule has 0 aliphatic rings. The average Bonchev–Trinajstić information content (AvgIpc) is 2.50. The van der Waals surface area contributed by atoms with E-state index >= 15 is 0 Å². The molecule has 0 aliphatic heterocycles. The molecule has 0 saturated heterocycles. The number of alkyl halides is 3. The summed E-state index contributed by atoms with van der Waals surface area (Å²) in [6.07, 6.45) is -3.70. The second kappa shape index (κ2) is 8.55. The molecule has 0 fully saturated rings. The van der Waals surface area contributed by atoms with Gasteiger partial charge in [0, 0.05) is 18.7 Å². The Morgan fingerprint density at radius 3 is 2.17 bits per heavy atom. The minimum Gasteiger partial charge on any atom is -0.466 e. The van der Waals surface area contributed by atoms with Crippen LogP contribution in [0.2, 0.25) is 0 Å². The first-order valence-corrected chi connectivity index (χ1v) is 7.41. The van der Waals surface area contributed by atoms with Crippen LogP contribution in [0.5, 0.6) is 0 Å². The van der Waals surface area contributed by atoms with E-state index in [1.807, 2.05) is 6.92 Å². The van der Waals surface area contributed by atoms with Crippen molar-refractivity contribution in [2.45, 2.75) is 32.9 Å². The molecule has 1 rings (SSSR count). The van der Waals surface area contributed by atoms with Gasteiger partial charge >= 0.3 is 12.1 Å². The van der Waals surface area contributed by atoms with Gasteiger partial charge in [-0.3, -0.25) is 9.59 Å². The number of nitrogens with zero attached hydrogens (tertiary/aromatic N) is 1. The molecule has 128 valence electrons. The molecule has 0 spiro atoms. The highest BCUT2D eigenvalue weighted by Gasteiger charge is 2.30. The van der Waals surface area contributed by atoms with Gasteiger partial charge in [0.25, 0.3) is 5.91 Å². The van der Waals surface area contributed by atoms with E-state index in [2.05, 4.69) is 0 Å². The van der Waals surface area contributed by atoms with Crippen molar-refractivity contribution in [2.24, 2.45) is 0 Å². The lowest BCUT2D eigenvalue weighted by Crippen LogP contribution is -2.34. The van der Waals surface area contributed by atoms with Crippen molar-refractivity contribution in [3.8, 4) is 0 Å². The molecule has 0 heterocycles. The summed E-state index contributed by atoms with van der Waals surface area (Å²) < 4.78 is 42.4. The quantitative estimate of drug-likeness (QED) is 0.718. The summed E-state index contributed by atoms with van der Waals surface area (Å²) in [7, 11) is 0. The largest absolute Gasteiger partial charge is 0.466 e. The molecule has 1 aromatic carbocycles. The van der Waals surface area contributed by atoms with Crippen molar-refractivity contribution in [3.63, 3.8) is 0 Å². The Hall–Kier alpha value is -2.05. The van der Waals surface area contributed by atoms with Gasteiger partial charge in [0.1, 0.15) is 0 Å². The van der Waals surface area contributed by atoms with E-state index in [0.29, 0.717) is 13.0 Å². The molecule has 0 aromatic heterocycles. The maximum absolute atomic E-state index is 12.5. The Morgan fingerprint density at radius 1 is 1.09 bits per heavy atom. The molecular weight excluding hydrogens is 311 g/mol. The number of carbonyl (C=O) groups is 2. The molecule has 1 aromatic rings. The Bertz CT molecular complexity index is 526. The van der Waals surface area contributed by atoms with Crippen LogP contribution in [-0.2, 0) is 15.7 Å². The first kappa shape index (κ1) is 19.0. The molecule has 0 atom stereocenters. The van der Waals surface area contributed by atoms with Crippen molar-refractivity contribution in [2.75, 3.05) is 19.7 Å². The van der Waals surface area contributed by atoms with Gasteiger partial charge in [-0.2, -0.15) is 13.2 Å².